The second-order valence-corrected chi connectivity index (χ2v) is 19.3. The summed E-state index contributed by atoms with van der Waals surface area (Å²) in [5.41, 5.74) is 5.05. The minimum absolute atomic E-state index is 0.00566. The molecule has 4 amide bonds. The molecule has 3 aromatic carbocycles. The second kappa shape index (κ2) is 16.6. The van der Waals surface area contributed by atoms with Crippen molar-refractivity contribution in [3.8, 4) is 5.75 Å². The summed E-state index contributed by atoms with van der Waals surface area (Å²) >= 11 is 0. The monoisotopic (exact) mass is 858 g/mol. The summed E-state index contributed by atoms with van der Waals surface area (Å²) in [6.07, 6.45) is 6.79. The van der Waals surface area contributed by atoms with Crippen molar-refractivity contribution in [3.05, 3.63) is 83.3 Å². The van der Waals surface area contributed by atoms with Gasteiger partial charge in [-0.2, -0.15) is 0 Å². The molecule has 1 unspecified atom stereocenters. The number of aromatic amines is 1. The van der Waals surface area contributed by atoms with Gasteiger partial charge in [-0.3, -0.25) is 24.5 Å². The number of carbonyl (C=O) groups excluding carboxylic acids is 4. The van der Waals surface area contributed by atoms with E-state index in [0.717, 1.165) is 119 Å². The lowest BCUT2D eigenvalue weighted by Crippen LogP contribution is -2.61. The van der Waals surface area contributed by atoms with Crippen LogP contribution in [0.1, 0.15) is 79.9 Å². The van der Waals surface area contributed by atoms with Crippen molar-refractivity contribution < 1.29 is 28.3 Å². The first-order valence-electron chi connectivity index (χ1n) is 23.0. The molecule has 6 aliphatic heterocycles. The Balaban J connectivity index is 0.683. The number of fused-ring (bicyclic) bond motifs is 2. The Morgan fingerprint density at radius 1 is 0.778 bits per heavy atom. The molecule has 0 aliphatic carbocycles. The van der Waals surface area contributed by atoms with Crippen molar-refractivity contribution in [2.24, 2.45) is 17.3 Å². The largest absolute Gasteiger partial charge is 0.496 e. The fraction of sp³-hybridized carbons (Fsp3) is 0.510. The molecule has 1 aromatic heterocycles. The molecule has 7 heterocycles. The molecule has 332 valence electrons. The van der Waals surface area contributed by atoms with Gasteiger partial charge in [0.1, 0.15) is 17.6 Å². The number of aromatic nitrogens is 1. The Kier molecular flexibility index (Phi) is 10.9. The summed E-state index contributed by atoms with van der Waals surface area (Å²) in [7, 11) is 1.63. The first-order chi connectivity index (χ1) is 30.5. The number of nitrogens with zero attached hydrogens (tertiary/aromatic N) is 6. The average molecular weight is 859 g/mol. The minimum Gasteiger partial charge on any atom is -0.496 e. The second-order valence-electron chi connectivity index (χ2n) is 19.3. The number of imide groups is 1. The number of β-lactam (4-membered cyclic amide) rings is 1. The van der Waals surface area contributed by atoms with Gasteiger partial charge in [0.25, 0.3) is 5.91 Å². The topological polar surface area (TPSA) is 125 Å². The number of piperidine rings is 3. The van der Waals surface area contributed by atoms with E-state index in [1.54, 1.807) is 23.0 Å². The SMILES string of the molecule is COc1cc(N2CCC(CN3CCN(CC4CCN(c5ccc6c(c5)CN(C5CCC(=O)NC5=O)C6=O)CC4)CC3)CC2)c(F)cc1[C@@H]1N(c2cccc3[nH]ccc23)C(=O)C1(C)C. The summed E-state index contributed by atoms with van der Waals surface area (Å²) in [5.74, 6) is 0.786. The summed E-state index contributed by atoms with van der Waals surface area (Å²) < 4.78 is 22.2. The summed E-state index contributed by atoms with van der Waals surface area (Å²) in [6, 6.07) is 16.4. The van der Waals surface area contributed by atoms with Crippen LogP contribution in [0.5, 0.6) is 5.75 Å². The number of H-pyrrole nitrogens is 1. The molecule has 2 atom stereocenters. The van der Waals surface area contributed by atoms with Gasteiger partial charge in [0.2, 0.25) is 17.7 Å². The van der Waals surface area contributed by atoms with E-state index in [0.29, 0.717) is 47.4 Å². The van der Waals surface area contributed by atoms with E-state index in [1.165, 1.54) is 0 Å². The number of benzene rings is 3. The van der Waals surface area contributed by atoms with Crippen LogP contribution >= 0.6 is 0 Å². The van der Waals surface area contributed by atoms with Crippen molar-refractivity contribution in [2.75, 3.05) is 87.3 Å². The highest BCUT2D eigenvalue weighted by Crippen LogP contribution is 2.55. The van der Waals surface area contributed by atoms with Crippen LogP contribution in [0.15, 0.2) is 60.8 Å². The number of amides is 4. The lowest BCUT2D eigenvalue weighted by atomic mass is 9.70. The van der Waals surface area contributed by atoms with Gasteiger partial charge in [-0.05, 0) is 106 Å². The highest BCUT2D eigenvalue weighted by molar-refractivity contribution is 6.11. The molecule has 63 heavy (non-hydrogen) atoms. The van der Waals surface area contributed by atoms with Crippen LogP contribution in [-0.2, 0) is 20.9 Å². The van der Waals surface area contributed by atoms with E-state index in [2.05, 4.69) is 36.0 Å². The van der Waals surface area contributed by atoms with E-state index >= 15 is 4.39 Å². The smallest absolute Gasteiger partial charge is 0.255 e. The highest BCUT2D eigenvalue weighted by Gasteiger charge is 2.57. The number of piperazine rings is 1. The molecule has 5 fully saturated rings. The molecule has 0 spiro atoms. The van der Waals surface area contributed by atoms with Crippen LogP contribution in [0.25, 0.3) is 10.9 Å². The summed E-state index contributed by atoms with van der Waals surface area (Å²) in [6.45, 7) is 14.3. The predicted molar refractivity (Wildman–Crippen MR) is 240 cm³/mol. The predicted octanol–water partition coefficient (Wildman–Crippen LogP) is 5.94. The number of hydrogen-bond donors (Lipinski definition) is 2. The van der Waals surface area contributed by atoms with Crippen LogP contribution < -0.4 is 24.8 Å². The highest BCUT2D eigenvalue weighted by atomic mass is 19.1. The van der Waals surface area contributed by atoms with E-state index in [4.69, 9.17) is 4.74 Å². The van der Waals surface area contributed by atoms with E-state index < -0.39 is 11.5 Å². The lowest BCUT2D eigenvalue weighted by Gasteiger charge is -2.53. The Hall–Kier alpha value is -5.47. The third kappa shape index (κ3) is 7.62. The van der Waals surface area contributed by atoms with Crippen molar-refractivity contribution in [1.29, 1.82) is 0 Å². The molecule has 0 radical (unpaired) electrons. The standard InChI is InChI=1S/C49H59FN8O5/c1-49(2)45(58(48(49)62)40-6-4-5-39-36(40)11-16-51-39)37-26-38(50)42(27-43(37)63-3)56-19-14-32(15-20-56)29-54-23-21-53(22-24-54)28-31-12-17-55(18-13-31)34-7-8-35-33(25-34)30-57(47(35)61)41-9-10-44(59)52-46(41)60/h4-8,11,16,25-27,31-32,41,45,51H,9-10,12-15,17-24,28-30H2,1-3H3,(H,52,59,60)/t41?,45-/m0/s1. The normalized spacial score (nSPS) is 24.0. The van der Waals surface area contributed by atoms with E-state index in [-0.39, 0.29) is 41.9 Å². The van der Waals surface area contributed by atoms with Crippen molar-refractivity contribution in [3.63, 3.8) is 0 Å². The molecular weight excluding hydrogens is 800 g/mol. The molecule has 10 rings (SSSR count). The first-order valence-corrected chi connectivity index (χ1v) is 23.0. The number of anilines is 3. The molecule has 0 bridgehead atoms. The number of rotatable bonds is 10. The summed E-state index contributed by atoms with van der Waals surface area (Å²) in [5, 5.41) is 3.34. The first kappa shape index (κ1) is 41.5. The van der Waals surface area contributed by atoms with Crippen LogP contribution in [0, 0.1) is 23.1 Å². The molecule has 4 aromatic rings. The lowest BCUT2D eigenvalue weighted by molar-refractivity contribution is -0.138. The van der Waals surface area contributed by atoms with Gasteiger partial charge in [-0.15, -0.1) is 0 Å². The van der Waals surface area contributed by atoms with Gasteiger partial charge in [0, 0.05) is 118 Å². The van der Waals surface area contributed by atoms with Gasteiger partial charge in [0.05, 0.1) is 29.9 Å². The fourth-order valence-corrected chi connectivity index (χ4v) is 11.4. The number of halogens is 1. The number of hydrogen-bond acceptors (Lipinski definition) is 9. The maximum Gasteiger partial charge on any atom is 0.255 e. The van der Waals surface area contributed by atoms with Crippen molar-refractivity contribution in [1.82, 2.24) is 25.0 Å². The third-order valence-corrected chi connectivity index (χ3v) is 15.1. The Morgan fingerprint density at radius 3 is 2.13 bits per heavy atom. The summed E-state index contributed by atoms with van der Waals surface area (Å²) in [4.78, 5) is 67.4. The molecular formula is C49H59FN8O5. The third-order valence-electron chi connectivity index (χ3n) is 15.1. The zero-order valence-corrected chi connectivity index (χ0v) is 36.7. The molecule has 6 aliphatic rings. The maximum atomic E-state index is 16.2. The van der Waals surface area contributed by atoms with Crippen LogP contribution in [0.3, 0.4) is 0 Å². The van der Waals surface area contributed by atoms with Gasteiger partial charge < -0.3 is 39.1 Å². The van der Waals surface area contributed by atoms with Crippen molar-refractivity contribution >= 4 is 51.6 Å². The molecule has 0 saturated carbocycles. The molecule has 14 heteroatoms. The zero-order chi connectivity index (χ0) is 43.6. The number of nitrogens with one attached hydrogen (secondary N) is 2. The van der Waals surface area contributed by atoms with Crippen molar-refractivity contribution in [2.45, 2.75) is 71.0 Å². The molecule has 5 saturated heterocycles. The van der Waals surface area contributed by atoms with E-state index in [9.17, 15) is 19.2 Å². The fourth-order valence-electron chi connectivity index (χ4n) is 11.4. The Bertz CT molecular complexity index is 2430. The number of ether oxygens (including phenoxy) is 1. The minimum atomic E-state index is -0.717. The van der Waals surface area contributed by atoms with Crippen LogP contribution in [0.4, 0.5) is 21.5 Å². The van der Waals surface area contributed by atoms with E-state index in [1.807, 2.05) is 62.5 Å². The van der Waals surface area contributed by atoms with Crippen LogP contribution in [0.2, 0.25) is 0 Å². The quantitative estimate of drug-likeness (QED) is 0.147. The van der Waals surface area contributed by atoms with Gasteiger partial charge in [0.15, 0.2) is 0 Å². The zero-order valence-electron chi connectivity index (χ0n) is 36.7. The average Bonchev–Trinajstić information content (AvgIpc) is 3.91. The molecule has 2 N–H and O–H groups in total. The number of carbonyl (C=O) groups is 4. The number of methoxy groups -OCH3 is 1. The maximum absolute atomic E-state index is 16.2. The van der Waals surface area contributed by atoms with Crippen LogP contribution in [-0.4, -0.2) is 122 Å². The van der Waals surface area contributed by atoms with Gasteiger partial charge in [-0.1, -0.05) is 6.07 Å². The van der Waals surface area contributed by atoms with Gasteiger partial charge in [-0.25, -0.2) is 4.39 Å². The van der Waals surface area contributed by atoms with Gasteiger partial charge >= 0.3 is 0 Å². The Morgan fingerprint density at radius 2 is 1.46 bits per heavy atom. The Labute approximate surface area is 368 Å². The molecule has 13 nitrogen and oxygen atoms in total.